The first-order valence-electron chi connectivity index (χ1n) is 11.2. The van der Waals surface area contributed by atoms with E-state index in [-0.39, 0.29) is 5.91 Å². The zero-order valence-electron chi connectivity index (χ0n) is 19.0. The van der Waals surface area contributed by atoms with Crippen molar-refractivity contribution < 1.29 is 13.2 Å². The molecule has 0 aromatic heterocycles. The number of benzene rings is 2. The number of hydrogen-bond donors (Lipinski definition) is 1. The number of sulfonamides is 1. The maximum absolute atomic E-state index is 12.8. The number of rotatable bonds is 10. The van der Waals surface area contributed by atoms with Gasteiger partial charge in [-0.15, -0.1) is 0 Å². The van der Waals surface area contributed by atoms with E-state index in [1.807, 2.05) is 42.2 Å². The van der Waals surface area contributed by atoms with Crippen LogP contribution in [0.5, 0.6) is 0 Å². The second-order valence-corrected chi connectivity index (χ2v) is 10.2. The molecule has 7 nitrogen and oxygen atoms in total. The van der Waals surface area contributed by atoms with Crippen molar-refractivity contribution in [3.05, 3.63) is 60.2 Å². The molecule has 1 N–H and O–H groups in total. The molecule has 0 radical (unpaired) electrons. The van der Waals surface area contributed by atoms with Crippen LogP contribution in [0, 0.1) is 6.92 Å². The Morgan fingerprint density at radius 2 is 1.62 bits per heavy atom. The molecule has 3 rings (SSSR count). The molecule has 1 amide bonds. The minimum Gasteiger partial charge on any atom is -0.375 e. The van der Waals surface area contributed by atoms with Gasteiger partial charge in [-0.3, -0.25) is 9.69 Å². The summed E-state index contributed by atoms with van der Waals surface area (Å²) in [6, 6.07) is 17.2. The van der Waals surface area contributed by atoms with Crippen molar-refractivity contribution in [2.45, 2.75) is 24.7 Å². The van der Waals surface area contributed by atoms with Gasteiger partial charge in [-0.2, -0.15) is 4.31 Å². The quantitative estimate of drug-likeness (QED) is 0.554. The van der Waals surface area contributed by atoms with E-state index < -0.39 is 10.0 Å². The molecule has 1 aliphatic rings. The number of anilines is 1. The van der Waals surface area contributed by atoms with Gasteiger partial charge in [0.15, 0.2) is 0 Å². The van der Waals surface area contributed by atoms with Crippen LogP contribution < -0.4 is 10.2 Å². The zero-order valence-corrected chi connectivity index (χ0v) is 19.9. The van der Waals surface area contributed by atoms with Gasteiger partial charge in [0.2, 0.25) is 15.9 Å². The first kappa shape index (κ1) is 24.2. The number of hydrogen-bond acceptors (Lipinski definition) is 5. The molecule has 0 saturated carbocycles. The molecule has 0 atom stereocenters. The van der Waals surface area contributed by atoms with E-state index in [1.165, 1.54) is 9.99 Å². The summed E-state index contributed by atoms with van der Waals surface area (Å²) in [5.41, 5.74) is 2.23. The third-order valence-corrected chi connectivity index (χ3v) is 7.71. The summed E-state index contributed by atoms with van der Waals surface area (Å²) in [5.74, 6) is -0.00347. The maximum atomic E-state index is 12.8. The Morgan fingerprint density at radius 3 is 2.28 bits per heavy atom. The van der Waals surface area contributed by atoms with Gasteiger partial charge in [0.05, 0.1) is 11.4 Å². The molecule has 1 saturated heterocycles. The fourth-order valence-electron chi connectivity index (χ4n) is 3.76. The highest BCUT2D eigenvalue weighted by molar-refractivity contribution is 7.89. The average molecular weight is 459 g/mol. The lowest BCUT2D eigenvalue weighted by Crippen LogP contribution is -2.51. The van der Waals surface area contributed by atoms with Crippen LogP contribution >= 0.6 is 0 Å². The number of para-hydroxylation sites is 1. The highest BCUT2D eigenvalue weighted by Crippen LogP contribution is 2.18. The Kier molecular flexibility index (Phi) is 8.67. The topological polar surface area (TPSA) is 73.0 Å². The number of nitrogens with one attached hydrogen (secondary N) is 1. The monoisotopic (exact) mass is 458 g/mol. The van der Waals surface area contributed by atoms with Gasteiger partial charge in [0, 0.05) is 52.0 Å². The van der Waals surface area contributed by atoms with E-state index in [0.717, 1.165) is 24.9 Å². The molecular weight excluding hydrogens is 424 g/mol. The lowest BCUT2D eigenvalue weighted by atomic mass is 10.2. The minimum absolute atomic E-state index is 0.00347. The molecule has 174 valence electrons. The summed E-state index contributed by atoms with van der Waals surface area (Å²) < 4.78 is 27.1. The molecular formula is C24H34N4O3S. The number of unbranched alkanes of at least 4 members (excludes halogenated alkanes) is 1. The molecule has 0 spiro atoms. The van der Waals surface area contributed by atoms with E-state index in [0.29, 0.717) is 44.2 Å². The third-order valence-electron chi connectivity index (χ3n) is 5.80. The number of aryl methyl sites for hydroxylation is 1. The second kappa shape index (κ2) is 11.4. The molecule has 32 heavy (non-hydrogen) atoms. The molecule has 8 heteroatoms. The number of piperazine rings is 1. The molecule has 1 aliphatic heterocycles. The highest BCUT2D eigenvalue weighted by Gasteiger charge is 2.28. The standard InChI is InChI=1S/C24H34N4O3S/c1-21-10-12-23(13-11-21)32(30,31)28-18-16-27(17-19-28)20-24(29)25-14-6-7-15-26(2)22-8-4-3-5-9-22/h3-5,8-13H,6-7,14-20H2,1-2H3,(H,25,29). The molecule has 2 aromatic rings. The second-order valence-electron chi connectivity index (χ2n) is 8.31. The average Bonchev–Trinajstić information content (AvgIpc) is 2.80. The van der Waals surface area contributed by atoms with Gasteiger partial charge in [0.25, 0.3) is 0 Å². The highest BCUT2D eigenvalue weighted by atomic mass is 32.2. The zero-order chi connectivity index (χ0) is 23.0. The number of carbonyl (C=O) groups excluding carboxylic acids is 1. The van der Waals surface area contributed by atoms with Gasteiger partial charge >= 0.3 is 0 Å². The van der Waals surface area contributed by atoms with E-state index >= 15 is 0 Å². The normalized spacial score (nSPS) is 15.4. The SMILES string of the molecule is Cc1ccc(S(=O)(=O)N2CCN(CC(=O)NCCCCN(C)c3ccccc3)CC2)cc1. The molecule has 0 bridgehead atoms. The lowest BCUT2D eigenvalue weighted by Gasteiger charge is -2.33. The number of nitrogens with zero attached hydrogens (tertiary/aromatic N) is 3. The molecule has 1 fully saturated rings. The summed E-state index contributed by atoms with van der Waals surface area (Å²) >= 11 is 0. The first-order chi connectivity index (χ1) is 15.4. The van der Waals surface area contributed by atoms with Gasteiger partial charge in [-0.25, -0.2) is 8.42 Å². The van der Waals surface area contributed by atoms with E-state index in [1.54, 1.807) is 12.1 Å². The van der Waals surface area contributed by atoms with Crippen LogP contribution in [-0.2, 0) is 14.8 Å². The van der Waals surface area contributed by atoms with Crippen LogP contribution in [-0.4, -0.2) is 76.4 Å². The molecule has 0 unspecified atom stereocenters. The Bertz CT molecular complexity index is 956. The molecule has 1 heterocycles. The van der Waals surface area contributed by atoms with E-state index in [9.17, 15) is 13.2 Å². The summed E-state index contributed by atoms with van der Waals surface area (Å²) in [5, 5.41) is 2.99. The van der Waals surface area contributed by atoms with Gasteiger partial charge in [-0.05, 0) is 44.0 Å². The van der Waals surface area contributed by atoms with Crippen molar-refractivity contribution in [1.82, 2.24) is 14.5 Å². The minimum atomic E-state index is -3.48. The predicted octanol–water partition coefficient (Wildman–Crippen LogP) is 2.33. The maximum Gasteiger partial charge on any atom is 0.243 e. The Balaban J connectivity index is 1.32. The smallest absolute Gasteiger partial charge is 0.243 e. The summed E-state index contributed by atoms with van der Waals surface area (Å²) in [6.45, 7) is 5.75. The Hall–Kier alpha value is -2.42. The Morgan fingerprint density at radius 1 is 0.969 bits per heavy atom. The summed E-state index contributed by atoms with van der Waals surface area (Å²) in [4.78, 5) is 16.8. The largest absolute Gasteiger partial charge is 0.375 e. The van der Waals surface area contributed by atoms with Crippen LogP contribution in [0.15, 0.2) is 59.5 Å². The van der Waals surface area contributed by atoms with E-state index in [2.05, 4.69) is 29.4 Å². The molecule has 2 aromatic carbocycles. The van der Waals surface area contributed by atoms with Crippen molar-refractivity contribution in [1.29, 1.82) is 0 Å². The van der Waals surface area contributed by atoms with Crippen LogP contribution in [0.25, 0.3) is 0 Å². The van der Waals surface area contributed by atoms with Crippen LogP contribution in [0.2, 0.25) is 0 Å². The van der Waals surface area contributed by atoms with Crippen molar-refractivity contribution in [2.24, 2.45) is 0 Å². The Labute approximate surface area is 192 Å². The van der Waals surface area contributed by atoms with Crippen LogP contribution in [0.4, 0.5) is 5.69 Å². The van der Waals surface area contributed by atoms with Gasteiger partial charge < -0.3 is 10.2 Å². The first-order valence-corrected chi connectivity index (χ1v) is 12.6. The van der Waals surface area contributed by atoms with Crippen LogP contribution in [0.3, 0.4) is 0 Å². The predicted molar refractivity (Wildman–Crippen MR) is 128 cm³/mol. The number of amides is 1. The van der Waals surface area contributed by atoms with Crippen LogP contribution in [0.1, 0.15) is 18.4 Å². The van der Waals surface area contributed by atoms with Gasteiger partial charge in [-0.1, -0.05) is 35.9 Å². The van der Waals surface area contributed by atoms with Crippen molar-refractivity contribution in [2.75, 3.05) is 57.8 Å². The van der Waals surface area contributed by atoms with Crippen molar-refractivity contribution in [3.8, 4) is 0 Å². The van der Waals surface area contributed by atoms with Gasteiger partial charge in [0.1, 0.15) is 0 Å². The molecule has 0 aliphatic carbocycles. The lowest BCUT2D eigenvalue weighted by molar-refractivity contribution is -0.122. The fourth-order valence-corrected chi connectivity index (χ4v) is 5.18. The van der Waals surface area contributed by atoms with E-state index in [4.69, 9.17) is 0 Å². The fraction of sp³-hybridized carbons (Fsp3) is 0.458. The van der Waals surface area contributed by atoms with Crippen molar-refractivity contribution >= 4 is 21.6 Å². The van der Waals surface area contributed by atoms with Crippen molar-refractivity contribution in [3.63, 3.8) is 0 Å². The summed E-state index contributed by atoms with van der Waals surface area (Å²) in [7, 11) is -1.40. The summed E-state index contributed by atoms with van der Waals surface area (Å²) in [6.07, 6.45) is 1.92. The number of carbonyl (C=O) groups is 1. The third kappa shape index (κ3) is 6.79.